The monoisotopic (exact) mass is 176 g/mol. The van der Waals surface area contributed by atoms with E-state index in [0.717, 1.165) is 11.4 Å². The average Bonchev–Trinajstić information content (AvgIpc) is 2.33. The molecule has 51 valence electrons. The molecule has 1 aromatic carbocycles. The van der Waals surface area contributed by atoms with E-state index in [4.69, 9.17) is 11.6 Å². The molecule has 0 atom stereocenters. The van der Waals surface area contributed by atoms with Crippen LogP contribution in [0.5, 0.6) is 0 Å². The Bertz CT molecular complexity index is 300. The molecular formula is C6H4ClN3Na. The molecule has 5 heteroatoms. The van der Waals surface area contributed by atoms with Gasteiger partial charge in [0.05, 0.1) is 0 Å². The summed E-state index contributed by atoms with van der Waals surface area (Å²) in [5, 5.41) is 7.88. The summed E-state index contributed by atoms with van der Waals surface area (Å²) in [6.07, 6.45) is 0. The van der Waals surface area contributed by atoms with Gasteiger partial charge in [0.2, 0.25) is 0 Å². The maximum absolute atomic E-state index is 5.68. The summed E-state index contributed by atoms with van der Waals surface area (Å²) in [6, 6.07) is 5.29. The molecule has 1 heterocycles. The van der Waals surface area contributed by atoms with Crippen LogP contribution in [0.25, 0.3) is 0 Å². The molecule has 0 aromatic heterocycles. The molecule has 0 spiro atoms. The van der Waals surface area contributed by atoms with Gasteiger partial charge in [-0.2, -0.15) is 0 Å². The quantitative estimate of drug-likeness (QED) is 0.542. The predicted octanol–water partition coefficient (Wildman–Crippen LogP) is 1.94. The minimum atomic E-state index is 0. The van der Waals surface area contributed by atoms with Crippen molar-refractivity contribution in [2.45, 2.75) is 0 Å². The van der Waals surface area contributed by atoms with Gasteiger partial charge in [-0.25, -0.2) is 0 Å². The summed E-state index contributed by atoms with van der Waals surface area (Å²) in [4.78, 5) is 0. The third kappa shape index (κ3) is 1.73. The van der Waals surface area contributed by atoms with E-state index in [1.165, 1.54) is 0 Å². The fraction of sp³-hybridized carbons (Fsp3) is 0. The van der Waals surface area contributed by atoms with Crippen molar-refractivity contribution in [1.82, 2.24) is 5.43 Å². The molecule has 11 heavy (non-hydrogen) atoms. The fourth-order valence-electron chi connectivity index (χ4n) is 0.780. The molecule has 3 nitrogen and oxygen atoms in total. The van der Waals surface area contributed by atoms with Crippen molar-refractivity contribution >= 4 is 52.5 Å². The minimum absolute atomic E-state index is 0. The number of hydrogen-bond acceptors (Lipinski definition) is 2. The molecular weight excluding hydrogens is 173 g/mol. The molecule has 2 rings (SSSR count). The summed E-state index contributed by atoms with van der Waals surface area (Å²) in [5.74, 6) is 0. The Balaban J connectivity index is 0.000000605. The number of nitrogens with zero attached hydrogens (tertiary/aromatic N) is 3. The van der Waals surface area contributed by atoms with Gasteiger partial charge in [0.1, 0.15) is 11.4 Å². The molecule has 1 aliphatic heterocycles. The second-order valence-corrected chi connectivity index (χ2v) is 2.36. The van der Waals surface area contributed by atoms with Crippen molar-refractivity contribution in [1.29, 1.82) is 0 Å². The Labute approximate surface area is 91.1 Å². The first-order valence-corrected chi connectivity index (χ1v) is 3.15. The molecule has 0 fully saturated rings. The third-order valence-corrected chi connectivity index (χ3v) is 1.48. The van der Waals surface area contributed by atoms with Gasteiger partial charge < -0.3 is 0 Å². The Morgan fingerprint density at radius 3 is 2.82 bits per heavy atom. The summed E-state index contributed by atoms with van der Waals surface area (Å²) >= 11 is 5.68. The number of benzene rings is 1. The van der Waals surface area contributed by atoms with E-state index in [9.17, 15) is 0 Å². The van der Waals surface area contributed by atoms with E-state index in [1.54, 1.807) is 18.2 Å². The Morgan fingerprint density at radius 1 is 1.18 bits per heavy atom. The van der Waals surface area contributed by atoms with Crippen molar-refractivity contribution in [3.05, 3.63) is 23.2 Å². The van der Waals surface area contributed by atoms with Crippen molar-refractivity contribution in [3.8, 4) is 0 Å². The van der Waals surface area contributed by atoms with E-state index in [1.807, 2.05) is 0 Å². The van der Waals surface area contributed by atoms with Gasteiger partial charge >= 0.3 is 29.6 Å². The van der Waals surface area contributed by atoms with Crippen LogP contribution in [-0.2, 0) is 0 Å². The number of rotatable bonds is 0. The van der Waals surface area contributed by atoms with Crippen LogP contribution >= 0.6 is 11.6 Å². The Kier molecular flexibility index (Phi) is 2.90. The molecule has 1 aromatic rings. The zero-order chi connectivity index (χ0) is 6.97. The molecule has 0 saturated carbocycles. The van der Waals surface area contributed by atoms with E-state index < -0.39 is 0 Å². The van der Waals surface area contributed by atoms with Gasteiger partial charge in [-0.3, -0.25) is 0 Å². The first kappa shape index (κ1) is 9.00. The van der Waals surface area contributed by atoms with Gasteiger partial charge in [-0.1, -0.05) is 11.6 Å². The third-order valence-electron chi connectivity index (χ3n) is 1.24. The van der Waals surface area contributed by atoms with Crippen molar-refractivity contribution in [2.75, 3.05) is 0 Å². The van der Waals surface area contributed by atoms with Crippen LogP contribution in [0.1, 0.15) is 0 Å². The number of hydrogen-bond donors (Lipinski definition) is 0. The standard InChI is InChI=1S/C6H3ClN3.Na.H/c7-4-1-2-5-6(3-4)9-10-8-5;;/h1-3H;;. The molecule has 0 bridgehead atoms. The van der Waals surface area contributed by atoms with E-state index >= 15 is 0 Å². The van der Waals surface area contributed by atoms with Gasteiger partial charge in [0.15, 0.2) is 0 Å². The van der Waals surface area contributed by atoms with Gasteiger partial charge in [-0.05, 0) is 23.4 Å². The summed E-state index contributed by atoms with van der Waals surface area (Å²) in [5.41, 5.74) is 5.26. The predicted molar refractivity (Wildman–Crippen MR) is 44.9 cm³/mol. The first-order valence-electron chi connectivity index (χ1n) is 2.77. The summed E-state index contributed by atoms with van der Waals surface area (Å²) in [7, 11) is 0. The normalized spacial score (nSPS) is 11.7. The summed E-state index contributed by atoms with van der Waals surface area (Å²) in [6.45, 7) is 0. The maximum atomic E-state index is 5.68. The van der Waals surface area contributed by atoms with Crippen LogP contribution < -0.4 is 5.43 Å². The number of halogens is 1. The fourth-order valence-corrected chi connectivity index (χ4v) is 0.946. The first-order chi connectivity index (χ1) is 4.86. The van der Waals surface area contributed by atoms with Crippen molar-refractivity contribution in [3.63, 3.8) is 0 Å². The Morgan fingerprint density at radius 2 is 2.00 bits per heavy atom. The number of fused-ring (bicyclic) bond motifs is 1. The molecule has 1 radical (unpaired) electrons. The average molecular weight is 177 g/mol. The van der Waals surface area contributed by atoms with E-state index in [2.05, 4.69) is 15.8 Å². The molecule has 0 N–H and O–H groups in total. The van der Waals surface area contributed by atoms with Crippen molar-refractivity contribution < 1.29 is 0 Å². The summed E-state index contributed by atoms with van der Waals surface area (Å²) < 4.78 is 0. The second-order valence-electron chi connectivity index (χ2n) is 1.92. The topological polar surface area (TPSA) is 38.8 Å². The van der Waals surface area contributed by atoms with Crippen LogP contribution in [0.3, 0.4) is 0 Å². The molecule has 1 aliphatic rings. The zero-order valence-electron chi connectivity index (χ0n) is 4.95. The second kappa shape index (κ2) is 3.54. The van der Waals surface area contributed by atoms with E-state index in [0.29, 0.717) is 5.02 Å². The Hall–Kier alpha value is -0.0900. The van der Waals surface area contributed by atoms with Crippen LogP contribution in [0.2, 0.25) is 5.02 Å². The van der Waals surface area contributed by atoms with Crippen LogP contribution in [-0.4, -0.2) is 29.6 Å². The molecule has 0 saturated heterocycles. The van der Waals surface area contributed by atoms with E-state index in [-0.39, 0.29) is 29.6 Å². The molecule has 0 unspecified atom stereocenters. The van der Waals surface area contributed by atoms with Crippen molar-refractivity contribution in [2.24, 2.45) is 10.3 Å². The van der Waals surface area contributed by atoms with Gasteiger partial charge in [0, 0.05) is 5.02 Å². The van der Waals surface area contributed by atoms with Gasteiger partial charge in [0.25, 0.3) is 0 Å². The SMILES string of the molecule is Clc1ccc2c(c1)N=N[N]2.[NaH]. The zero-order valence-corrected chi connectivity index (χ0v) is 5.71. The van der Waals surface area contributed by atoms with Gasteiger partial charge in [-0.15, -0.1) is 10.5 Å². The molecule has 0 aliphatic carbocycles. The molecule has 0 amide bonds. The van der Waals surface area contributed by atoms with Crippen LogP contribution in [0, 0.1) is 0 Å². The van der Waals surface area contributed by atoms with Crippen LogP contribution in [0.15, 0.2) is 28.5 Å². The van der Waals surface area contributed by atoms with Crippen LogP contribution in [0.4, 0.5) is 11.4 Å².